The van der Waals surface area contributed by atoms with Crippen LogP contribution in [-0.4, -0.2) is 34.9 Å². The van der Waals surface area contributed by atoms with Crippen LogP contribution in [0.15, 0.2) is 389 Å². The van der Waals surface area contributed by atoms with Gasteiger partial charge in [0.2, 0.25) is 0 Å². The highest BCUT2D eigenvalue weighted by Crippen LogP contribution is 2.59. The summed E-state index contributed by atoms with van der Waals surface area (Å²) in [4.78, 5) is 36.1. The Morgan fingerprint density at radius 3 is 1.02 bits per heavy atom. The summed E-state index contributed by atoms with van der Waals surface area (Å²) in [5.74, 6) is 2.36. The molecule has 7 nitrogen and oxygen atoms in total. The second kappa shape index (κ2) is 28.2. The maximum atomic E-state index is 5.55. The van der Waals surface area contributed by atoms with Gasteiger partial charge < -0.3 is 0 Å². The Hall–Kier alpha value is -14.5. The van der Waals surface area contributed by atoms with Crippen LogP contribution in [0.1, 0.15) is 61.5 Å². The Labute approximate surface area is 658 Å². The van der Waals surface area contributed by atoms with E-state index >= 15 is 0 Å². The molecule has 18 aromatic rings. The Morgan fingerprint density at radius 1 is 0.204 bits per heavy atom. The minimum atomic E-state index is -0.699. The first-order chi connectivity index (χ1) is 55.7. The van der Waals surface area contributed by atoms with E-state index in [1.165, 1.54) is 61.2 Å². The molecule has 113 heavy (non-hydrogen) atoms. The summed E-state index contributed by atoms with van der Waals surface area (Å²) in [5.41, 5.74) is 34.6. The fourth-order valence-corrected chi connectivity index (χ4v) is 17.7. The average molecular weight is 1440 g/mol. The second-order valence-electron chi connectivity index (χ2n) is 29.6. The molecule has 4 aromatic heterocycles. The predicted molar refractivity (Wildman–Crippen MR) is 460 cm³/mol. The van der Waals surface area contributed by atoms with Crippen LogP contribution in [0.3, 0.4) is 0 Å². The van der Waals surface area contributed by atoms with Crippen molar-refractivity contribution in [2.24, 2.45) is 0 Å². The topological polar surface area (TPSA) is 90.2 Å². The lowest BCUT2D eigenvalue weighted by Crippen LogP contribution is -2.28. The number of aromatic nitrogens is 7. The SMILES string of the molecule is Cc1ccc(-c2ccc(-c3cccc(C4(c5cccc(-c6cc(-c7ccccc7)nc(-c7cccc(-c8ccc(-c9nc(-c%10ccccc%10)nc(-c%10cccc(C%11(c%12cccc(-c%13ccc(-c%14ccncc%14C)cc%13)c%12)c%12ccccc%12-c%12ccccc%12%11)c%10)n9)cc8)c7)n6)c5)c5ccccc5-c5ccccc54)c3)cc2)c(C)n1. The van der Waals surface area contributed by atoms with Crippen molar-refractivity contribution >= 4 is 0 Å². The highest BCUT2D eigenvalue weighted by atomic mass is 15.0. The van der Waals surface area contributed by atoms with E-state index in [9.17, 15) is 0 Å². The maximum Gasteiger partial charge on any atom is 0.164 e. The molecule has 2 aliphatic carbocycles. The molecule has 0 unspecified atom stereocenters. The molecule has 532 valence electrons. The Morgan fingerprint density at radius 2 is 0.540 bits per heavy atom. The molecule has 0 N–H and O–H groups in total. The second-order valence-corrected chi connectivity index (χ2v) is 29.6. The average Bonchev–Trinajstić information content (AvgIpc) is 1.55. The van der Waals surface area contributed by atoms with Crippen molar-refractivity contribution < 1.29 is 0 Å². The van der Waals surface area contributed by atoms with Crippen molar-refractivity contribution in [2.75, 3.05) is 0 Å². The summed E-state index contributed by atoms with van der Waals surface area (Å²) < 4.78 is 0. The van der Waals surface area contributed by atoms with Crippen LogP contribution in [0.4, 0.5) is 0 Å². The minimum absolute atomic E-state index is 0.570. The third kappa shape index (κ3) is 11.9. The predicted octanol–water partition coefficient (Wildman–Crippen LogP) is 25.4. The van der Waals surface area contributed by atoms with Crippen LogP contribution < -0.4 is 0 Å². The Kier molecular flexibility index (Phi) is 16.9. The van der Waals surface area contributed by atoms with E-state index in [1.54, 1.807) is 0 Å². The molecule has 20 rings (SSSR count). The van der Waals surface area contributed by atoms with Gasteiger partial charge in [-0.25, -0.2) is 24.9 Å². The lowest BCUT2D eigenvalue weighted by atomic mass is 9.67. The number of rotatable bonds is 15. The van der Waals surface area contributed by atoms with E-state index in [1.807, 2.05) is 43.6 Å². The van der Waals surface area contributed by atoms with Crippen molar-refractivity contribution in [1.82, 2.24) is 34.9 Å². The molecule has 7 heteroatoms. The quantitative estimate of drug-likeness (QED) is 0.101. The van der Waals surface area contributed by atoms with Crippen molar-refractivity contribution in [3.8, 4) is 146 Å². The summed E-state index contributed by atoms with van der Waals surface area (Å²) >= 11 is 0. The van der Waals surface area contributed by atoms with E-state index in [4.69, 9.17) is 29.9 Å². The van der Waals surface area contributed by atoms with Crippen LogP contribution in [0, 0.1) is 20.8 Å². The molecule has 0 radical (unpaired) electrons. The number of aryl methyl sites for hydroxylation is 3. The fraction of sp³-hybridized carbons (Fsp3) is 0.0472. The zero-order chi connectivity index (χ0) is 75.6. The Balaban J connectivity index is 0.655. The highest BCUT2D eigenvalue weighted by Gasteiger charge is 2.48. The van der Waals surface area contributed by atoms with Gasteiger partial charge in [0.25, 0.3) is 0 Å². The molecular formula is C106H73N7. The van der Waals surface area contributed by atoms with Gasteiger partial charge in [-0.15, -0.1) is 0 Å². The number of hydrogen-bond donors (Lipinski definition) is 0. The summed E-state index contributed by atoms with van der Waals surface area (Å²) in [6.45, 7) is 6.24. The molecule has 2 aliphatic rings. The molecule has 4 heterocycles. The molecule has 0 amide bonds. The number of hydrogen-bond acceptors (Lipinski definition) is 7. The van der Waals surface area contributed by atoms with E-state index in [0.717, 1.165) is 123 Å². The highest BCUT2D eigenvalue weighted by molar-refractivity contribution is 5.90. The molecular weight excluding hydrogens is 1370 g/mol. The van der Waals surface area contributed by atoms with Gasteiger partial charge in [0.1, 0.15) is 0 Å². The van der Waals surface area contributed by atoms with Crippen molar-refractivity contribution in [2.45, 2.75) is 31.6 Å². The van der Waals surface area contributed by atoms with Crippen LogP contribution >= 0.6 is 0 Å². The van der Waals surface area contributed by atoms with Crippen LogP contribution in [0.2, 0.25) is 0 Å². The number of pyridine rings is 2. The summed E-state index contributed by atoms with van der Waals surface area (Å²) in [7, 11) is 0. The van der Waals surface area contributed by atoms with Gasteiger partial charge in [-0.05, 0) is 192 Å². The first-order valence-corrected chi connectivity index (χ1v) is 38.6. The zero-order valence-electron chi connectivity index (χ0n) is 62.6. The Bertz CT molecular complexity index is 6620. The zero-order valence-corrected chi connectivity index (χ0v) is 62.6. The number of nitrogens with zero attached hydrogens (tertiary/aromatic N) is 7. The van der Waals surface area contributed by atoms with Crippen molar-refractivity contribution in [3.63, 3.8) is 0 Å². The summed E-state index contributed by atoms with van der Waals surface area (Å²) in [6.07, 6.45) is 3.79. The number of fused-ring (bicyclic) bond motifs is 6. The molecule has 0 saturated carbocycles. The van der Waals surface area contributed by atoms with E-state index in [2.05, 4.69) is 371 Å². The lowest BCUT2D eigenvalue weighted by Gasteiger charge is -2.34. The van der Waals surface area contributed by atoms with Crippen LogP contribution in [0.5, 0.6) is 0 Å². The van der Waals surface area contributed by atoms with Gasteiger partial charge in [-0.2, -0.15) is 0 Å². The molecule has 0 saturated heterocycles. The monoisotopic (exact) mass is 1440 g/mol. The van der Waals surface area contributed by atoms with Gasteiger partial charge in [-0.3, -0.25) is 9.97 Å². The van der Waals surface area contributed by atoms with Gasteiger partial charge >= 0.3 is 0 Å². The number of benzene rings is 14. The summed E-state index contributed by atoms with van der Waals surface area (Å²) in [6, 6.07) is 136. The van der Waals surface area contributed by atoms with Crippen molar-refractivity contribution in [1.29, 1.82) is 0 Å². The normalized spacial score (nSPS) is 12.7. The third-order valence-corrected chi connectivity index (χ3v) is 23.0. The standard InChI is InChI=1S/C106H73N7/c1-68-67-107-60-59-89(68)74-52-46-72(47-53-74)80-28-20-34-86(63-80)106(97-43-16-12-39-93(97)94-40-13-17-44-98(94)106)88-36-22-32-84(65-88)104-112-101(77-25-8-5-9-26-77)111-102(113-104)78-56-50-71(51-57-78)79-27-18-31-83(61-79)103-109-99(76-23-6-4-7-24-76)66-100(110-103)82-30-21-35-87(64-82)105(95-41-14-10-37-91(95)92-38-11-15-42-96(92)105)85-33-19-29-81(62-85)73-48-54-75(55-49-73)90-58-45-69(2)108-70(90)3/h4-67H,1-3H3. The molecule has 14 aromatic carbocycles. The molecule has 0 fully saturated rings. The van der Waals surface area contributed by atoms with Crippen LogP contribution in [0.25, 0.3) is 146 Å². The molecule has 0 atom stereocenters. The van der Waals surface area contributed by atoms with Gasteiger partial charge in [0, 0.05) is 62.7 Å². The van der Waals surface area contributed by atoms with Crippen LogP contribution in [-0.2, 0) is 10.8 Å². The molecule has 0 aliphatic heterocycles. The summed E-state index contributed by atoms with van der Waals surface area (Å²) in [5, 5.41) is 0. The minimum Gasteiger partial charge on any atom is -0.264 e. The fourth-order valence-electron chi connectivity index (χ4n) is 17.7. The van der Waals surface area contributed by atoms with Gasteiger partial charge in [-0.1, -0.05) is 328 Å². The third-order valence-electron chi connectivity index (χ3n) is 23.0. The van der Waals surface area contributed by atoms with E-state index in [0.29, 0.717) is 23.3 Å². The maximum absolute atomic E-state index is 5.55. The molecule has 0 spiro atoms. The lowest BCUT2D eigenvalue weighted by molar-refractivity contribution is 0.769. The van der Waals surface area contributed by atoms with Crippen molar-refractivity contribution in [3.05, 3.63) is 450 Å². The van der Waals surface area contributed by atoms with Gasteiger partial charge in [0.15, 0.2) is 23.3 Å². The van der Waals surface area contributed by atoms with Gasteiger partial charge in [0.05, 0.1) is 22.2 Å². The largest absolute Gasteiger partial charge is 0.264 e. The first-order valence-electron chi connectivity index (χ1n) is 38.6. The van der Waals surface area contributed by atoms with E-state index in [-0.39, 0.29) is 0 Å². The molecule has 0 bridgehead atoms. The smallest absolute Gasteiger partial charge is 0.164 e. The first kappa shape index (κ1) is 67.8. The van der Waals surface area contributed by atoms with E-state index < -0.39 is 10.8 Å².